The Balaban J connectivity index is 1.71. The maximum Gasteiger partial charge on any atom is 0.257 e. The first kappa shape index (κ1) is 22.1. The summed E-state index contributed by atoms with van der Waals surface area (Å²) in [6.07, 6.45) is 2.91. The van der Waals surface area contributed by atoms with E-state index in [1.54, 1.807) is 24.3 Å². The number of hydrogen-bond donors (Lipinski definition) is 3. The number of nitrogens with one attached hydrogen (secondary N) is 3. The molecule has 0 unspecified atom stereocenters. The van der Waals surface area contributed by atoms with Crippen LogP contribution in [0.1, 0.15) is 33.6 Å². The van der Waals surface area contributed by atoms with Crippen molar-refractivity contribution in [2.45, 2.75) is 18.9 Å². The number of benzene rings is 2. The zero-order chi connectivity index (χ0) is 21.7. The number of carbonyl (C=O) groups is 2. The van der Waals surface area contributed by atoms with E-state index < -0.39 is 15.9 Å². The third kappa shape index (κ3) is 5.94. The first-order chi connectivity index (χ1) is 14.2. The van der Waals surface area contributed by atoms with Crippen LogP contribution in [0.25, 0.3) is 0 Å². The molecule has 1 fully saturated rings. The molecule has 8 nitrogen and oxygen atoms in total. The molecule has 0 aliphatic carbocycles. The Bertz CT molecular complexity index is 1050. The molecular formula is C20H22ClN3O5S. The van der Waals surface area contributed by atoms with Gasteiger partial charge in [0, 0.05) is 18.8 Å². The molecule has 0 saturated carbocycles. The Morgan fingerprint density at radius 1 is 1.13 bits per heavy atom. The van der Waals surface area contributed by atoms with Crippen LogP contribution < -0.4 is 15.4 Å². The van der Waals surface area contributed by atoms with Crippen LogP contribution >= 0.6 is 11.6 Å². The van der Waals surface area contributed by atoms with Crippen molar-refractivity contribution >= 4 is 44.8 Å². The van der Waals surface area contributed by atoms with Crippen molar-refractivity contribution in [1.82, 2.24) is 5.32 Å². The third-order valence-corrected chi connectivity index (χ3v) is 5.37. The van der Waals surface area contributed by atoms with Gasteiger partial charge in [-0.3, -0.25) is 14.3 Å². The number of carbonyl (C=O) groups excluding carboxylic acids is 2. The lowest BCUT2D eigenvalue weighted by Gasteiger charge is -2.14. The third-order valence-electron chi connectivity index (χ3n) is 4.45. The van der Waals surface area contributed by atoms with Gasteiger partial charge in [-0.25, -0.2) is 8.42 Å². The van der Waals surface area contributed by atoms with Crippen molar-refractivity contribution in [3.8, 4) is 0 Å². The maximum absolute atomic E-state index is 12.7. The predicted molar refractivity (Wildman–Crippen MR) is 116 cm³/mol. The standard InChI is InChI=1S/C20H22ClN3O5S/c1-30(27,28)24-13-8-9-15(17(21)11-13)20(26)23-18-7-3-2-6-16(18)19(25)22-12-14-5-4-10-29-14/h2-3,6-9,11,14,24H,4-5,10,12H2,1H3,(H,22,25)(H,23,26)/t14-/m1/s1. The highest BCUT2D eigenvalue weighted by atomic mass is 35.5. The SMILES string of the molecule is CS(=O)(=O)Nc1ccc(C(=O)Nc2ccccc2C(=O)NC[C@H]2CCCO2)c(Cl)c1. The molecule has 3 N–H and O–H groups in total. The summed E-state index contributed by atoms with van der Waals surface area (Å²) in [6.45, 7) is 1.11. The van der Waals surface area contributed by atoms with Gasteiger partial charge in [-0.2, -0.15) is 0 Å². The van der Waals surface area contributed by atoms with Crippen LogP contribution in [0, 0.1) is 0 Å². The Kier molecular flexibility index (Phi) is 6.96. The average molecular weight is 452 g/mol. The summed E-state index contributed by atoms with van der Waals surface area (Å²) in [6, 6.07) is 10.8. The molecule has 1 aliphatic rings. The maximum atomic E-state index is 12.7. The molecule has 1 atom stereocenters. The molecular weight excluding hydrogens is 430 g/mol. The molecule has 0 bridgehead atoms. The molecule has 2 aromatic carbocycles. The Morgan fingerprint density at radius 3 is 2.57 bits per heavy atom. The number of halogens is 1. The van der Waals surface area contributed by atoms with Crippen LogP contribution in [0.15, 0.2) is 42.5 Å². The molecule has 10 heteroatoms. The van der Waals surface area contributed by atoms with Crippen molar-refractivity contribution in [3.63, 3.8) is 0 Å². The van der Waals surface area contributed by atoms with Crippen LogP contribution in [0.2, 0.25) is 5.02 Å². The fourth-order valence-electron chi connectivity index (χ4n) is 3.06. The first-order valence-corrected chi connectivity index (χ1v) is 11.6. The highest BCUT2D eigenvalue weighted by Crippen LogP contribution is 2.24. The molecule has 160 valence electrons. The molecule has 1 heterocycles. The van der Waals surface area contributed by atoms with E-state index >= 15 is 0 Å². The lowest BCUT2D eigenvalue weighted by molar-refractivity contribution is 0.0858. The van der Waals surface area contributed by atoms with Crippen LogP contribution in [0.4, 0.5) is 11.4 Å². The van der Waals surface area contributed by atoms with Gasteiger partial charge in [0.05, 0.1) is 34.2 Å². The van der Waals surface area contributed by atoms with Crippen molar-refractivity contribution in [3.05, 3.63) is 58.6 Å². The van der Waals surface area contributed by atoms with E-state index in [1.165, 1.54) is 18.2 Å². The topological polar surface area (TPSA) is 114 Å². The van der Waals surface area contributed by atoms with E-state index in [4.69, 9.17) is 16.3 Å². The molecule has 0 radical (unpaired) electrons. The molecule has 3 rings (SSSR count). The van der Waals surface area contributed by atoms with Gasteiger partial charge >= 0.3 is 0 Å². The summed E-state index contributed by atoms with van der Waals surface area (Å²) < 4.78 is 30.5. The minimum absolute atomic E-state index is 0.00793. The number of para-hydroxylation sites is 1. The van der Waals surface area contributed by atoms with Crippen molar-refractivity contribution in [2.75, 3.05) is 29.4 Å². The van der Waals surface area contributed by atoms with Gasteiger partial charge in [-0.1, -0.05) is 23.7 Å². The number of ether oxygens (including phenoxy) is 1. The normalized spacial score (nSPS) is 16.1. The van der Waals surface area contributed by atoms with Crippen molar-refractivity contribution < 1.29 is 22.7 Å². The van der Waals surface area contributed by atoms with E-state index in [-0.39, 0.29) is 28.3 Å². The Hall–Kier alpha value is -2.62. The predicted octanol–water partition coefficient (Wildman–Crippen LogP) is 2.87. The number of hydrogen-bond acceptors (Lipinski definition) is 5. The molecule has 0 aromatic heterocycles. The van der Waals surface area contributed by atoms with Gasteiger partial charge in [-0.15, -0.1) is 0 Å². The lowest BCUT2D eigenvalue weighted by Crippen LogP contribution is -2.32. The Labute approximate surface area is 180 Å². The fourth-order valence-corrected chi connectivity index (χ4v) is 3.89. The fraction of sp³-hybridized carbons (Fsp3) is 0.300. The zero-order valence-corrected chi connectivity index (χ0v) is 17.8. The van der Waals surface area contributed by atoms with Crippen LogP contribution in [0.5, 0.6) is 0 Å². The van der Waals surface area contributed by atoms with Crippen LogP contribution in [-0.4, -0.2) is 45.7 Å². The highest BCUT2D eigenvalue weighted by molar-refractivity contribution is 7.92. The molecule has 1 aliphatic heterocycles. The Morgan fingerprint density at radius 2 is 1.90 bits per heavy atom. The highest BCUT2D eigenvalue weighted by Gasteiger charge is 2.19. The summed E-state index contributed by atoms with van der Waals surface area (Å²) >= 11 is 6.16. The van der Waals surface area contributed by atoms with Gasteiger partial charge in [0.25, 0.3) is 11.8 Å². The second kappa shape index (κ2) is 9.46. The van der Waals surface area contributed by atoms with E-state index in [0.29, 0.717) is 24.4 Å². The van der Waals surface area contributed by atoms with Crippen LogP contribution in [0.3, 0.4) is 0 Å². The zero-order valence-electron chi connectivity index (χ0n) is 16.3. The van der Waals surface area contributed by atoms with Crippen molar-refractivity contribution in [2.24, 2.45) is 0 Å². The smallest absolute Gasteiger partial charge is 0.257 e. The van der Waals surface area contributed by atoms with Gasteiger partial charge in [0.1, 0.15) is 0 Å². The number of sulfonamides is 1. The monoisotopic (exact) mass is 451 g/mol. The second-order valence-corrected chi connectivity index (χ2v) is 9.07. The van der Waals surface area contributed by atoms with Gasteiger partial charge in [0.15, 0.2) is 0 Å². The lowest BCUT2D eigenvalue weighted by atomic mass is 10.1. The van der Waals surface area contributed by atoms with E-state index in [9.17, 15) is 18.0 Å². The van der Waals surface area contributed by atoms with Gasteiger partial charge in [-0.05, 0) is 43.2 Å². The van der Waals surface area contributed by atoms with Gasteiger partial charge < -0.3 is 15.4 Å². The summed E-state index contributed by atoms with van der Waals surface area (Å²) in [5.41, 5.74) is 1.04. The summed E-state index contributed by atoms with van der Waals surface area (Å²) in [5.74, 6) is -0.842. The van der Waals surface area contributed by atoms with Crippen molar-refractivity contribution in [1.29, 1.82) is 0 Å². The van der Waals surface area contributed by atoms with E-state index in [1.807, 2.05) is 0 Å². The quantitative estimate of drug-likeness (QED) is 0.599. The van der Waals surface area contributed by atoms with E-state index in [0.717, 1.165) is 19.1 Å². The number of rotatable bonds is 7. The van der Waals surface area contributed by atoms with E-state index in [2.05, 4.69) is 15.4 Å². The summed E-state index contributed by atoms with van der Waals surface area (Å²) in [5, 5.41) is 5.59. The number of amides is 2. The summed E-state index contributed by atoms with van der Waals surface area (Å²) in [7, 11) is -3.47. The summed E-state index contributed by atoms with van der Waals surface area (Å²) in [4.78, 5) is 25.3. The largest absolute Gasteiger partial charge is 0.376 e. The molecule has 30 heavy (non-hydrogen) atoms. The van der Waals surface area contributed by atoms with Gasteiger partial charge in [0.2, 0.25) is 10.0 Å². The minimum Gasteiger partial charge on any atom is -0.376 e. The molecule has 1 saturated heterocycles. The van der Waals surface area contributed by atoms with Crippen LogP contribution in [-0.2, 0) is 14.8 Å². The number of anilines is 2. The second-order valence-electron chi connectivity index (χ2n) is 6.91. The molecule has 0 spiro atoms. The first-order valence-electron chi connectivity index (χ1n) is 9.30. The minimum atomic E-state index is -3.47. The molecule has 2 aromatic rings. The average Bonchev–Trinajstić information content (AvgIpc) is 3.19. The molecule has 2 amide bonds.